The van der Waals surface area contributed by atoms with Crippen LogP contribution in [-0.2, 0) is 11.3 Å². The van der Waals surface area contributed by atoms with Gasteiger partial charge in [0.25, 0.3) is 0 Å². The van der Waals surface area contributed by atoms with Gasteiger partial charge in [-0.2, -0.15) is 5.10 Å². The number of aromatic nitrogens is 2. The van der Waals surface area contributed by atoms with Crippen LogP contribution in [0, 0.1) is 0 Å². The van der Waals surface area contributed by atoms with Gasteiger partial charge in [-0.05, 0) is 37.0 Å². The molecule has 1 saturated heterocycles. The van der Waals surface area contributed by atoms with Crippen LogP contribution in [0.4, 0.5) is 8.78 Å². The molecule has 1 aromatic carbocycles. The fourth-order valence-corrected chi connectivity index (χ4v) is 3.56. The highest BCUT2D eigenvalue weighted by Crippen LogP contribution is 2.59. The van der Waals surface area contributed by atoms with Gasteiger partial charge in [0.2, 0.25) is 5.92 Å². The smallest absolute Gasteiger partial charge is 0.248 e. The Bertz CT molecular complexity index is 715. The molecule has 2 aliphatic rings. The first-order chi connectivity index (χ1) is 11.0. The van der Waals surface area contributed by atoms with E-state index >= 15 is 0 Å². The molecule has 1 saturated carbocycles. The summed E-state index contributed by atoms with van der Waals surface area (Å²) in [5.41, 5.74) is 2.89. The summed E-state index contributed by atoms with van der Waals surface area (Å²) in [5, 5.41) is 4.30. The molecular formula is C18H20F2N2O. The second-order valence-electron chi connectivity index (χ2n) is 6.63. The van der Waals surface area contributed by atoms with E-state index in [1.807, 2.05) is 42.2 Å². The predicted molar refractivity (Wildman–Crippen MR) is 83.3 cm³/mol. The monoisotopic (exact) mass is 318 g/mol. The lowest BCUT2D eigenvalue weighted by Crippen LogP contribution is -2.29. The molecule has 23 heavy (non-hydrogen) atoms. The molecule has 5 heteroatoms. The second-order valence-corrected chi connectivity index (χ2v) is 6.63. The highest BCUT2D eigenvalue weighted by atomic mass is 19.3. The van der Waals surface area contributed by atoms with Crippen molar-refractivity contribution in [3.8, 4) is 11.1 Å². The minimum Gasteiger partial charge on any atom is -0.361 e. The highest BCUT2D eigenvalue weighted by Gasteiger charge is 2.60. The molecule has 2 fully saturated rings. The van der Waals surface area contributed by atoms with Gasteiger partial charge in [0, 0.05) is 31.1 Å². The van der Waals surface area contributed by atoms with Gasteiger partial charge in [0.1, 0.15) is 6.10 Å². The van der Waals surface area contributed by atoms with E-state index in [2.05, 4.69) is 11.2 Å². The van der Waals surface area contributed by atoms with Crippen LogP contribution in [-0.4, -0.2) is 21.3 Å². The van der Waals surface area contributed by atoms with E-state index in [1.54, 1.807) is 0 Å². The van der Waals surface area contributed by atoms with Gasteiger partial charge in [0.05, 0.1) is 11.8 Å². The van der Waals surface area contributed by atoms with Crippen molar-refractivity contribution >= 4 is 0 Å². The molecule has 1 aliphatic heterocycles. The molecule has 1 unspecified atom stereocenters. The average Bonchev–Trinajstić information content (AvgIpc) is 3.05. The number of hydrogen-bond acceptors (Lipinski definition) is 2. The molecule has 4 rings (SSSR count). The molecule has 3 nitrogen and oxygen atoms in total. The Morgan fingerprint density at radius 3 is 2.70 bits per heavy atom. The first-order valence-electron chi connectivity index (χ1n) is 8.20. The van der Waals surface area contributed by atoms with Crippen LogP contribution in [0.3, 0.4) is 0 Å². The number of halogens is 2. The molecule has 1 aliphatic carbocycles. The zero-order valence-electron chi connectivity index (χ0n) is 13.1. The Kier molecular flexibility index (Phi) is 3.30. The molecule has 0 bridgehead atoms. The number of epoxide rings is 1. The Labute approximate surface area is 134 Å². The van der Waals surface area contributed by atoms with Crippen LogP contribution in [0.2, 0.25) is 0 Å². The number of benzene rings is 1. The summed E-state index contributed by atoms with van der Waals surface area (Å²) < 4.78 is 34.5. The van der Waals surface area contributed by atoms with Gasteiger partial charge >= 0.3 is 0 Å². The van der Waals surface area contributed by atoms with Gasteiger partial charge in [-0.15, -0.1) is 0 Å². The van der Waals surface area contributed by atoms with E-state index in [0.717, 1.165) is 23.2 Å². The number of nitrogens with zero attached hydrogens (tertiary/aromatic N) is 2. The van der Waals surface area contributed by atoms with Crippen LogP contribution in [0.5, 0.6) is 0 Å². The van der Waals surface area contributed by atoms with E-state index in [-0.39, 0.29) is 24.5 Å². The topological polar surface area (TPSA) is 30.4 Å². The lowest BCUT2D eigenvalue weighted by atomic mass is 9.82. The Morgan fingerprint density at radius 2 is 2.00 bits per heavy atom. The number of ether oxygens (including phenoxy) is 1. The van der Waals surface area contributed by atoms with Crippen molar-refractivity contribution in [3.63, 3.8) is 0 Å². The quantitative estimate of drug-likeness (QED) is 0.775. The van der Waals surface area contributed by atoms with Crippen molar-refractivity contribution in [3.05, 3.63) is 42.2 Å². The molecule has 1 atom stereocenters. The van der Waals surface area contributed by atoms with E-state index < -0.39 is 5.92 Å². The maximum Gasteiger partial charge on any atom is 0.248 e. The molecule has 0 radical (unpaired) electrons. The van der Waals surface area contributed by atoms with Crippen molar-refractivity contribution in [1.29, 1.82) is 0 Å². The molecule has 2 heterocycles. The maximum absolute atomic E-state index is 13.4. The zero-order valence-corrected chi connectivity index (χ0v) is 13.1. The third-order valence-corrected chi connectivity index (χ3v) is 5.08. The minimum atomic E-state index is -2.52. The summed E-state index contributed by atoms with van der Waals surface area (Å²) in [4.78, 5) is 0. The van der Waals surface area contributed by atoms with Crippen LogP contribution in [0.1, 0.15) is 44.3 Å². The average molecular weight is 318 g/mol. The van der Waals surface area contributed by atoms with Crippen molar-refractivity contribution in [2.45, 2.75) is 56.8 Å². The SMILES string of the molecule is CCn1cc(-c2cccc(C3OC34CCC(F)(F)CC4)c2)cn1. The Hall–Kier alpha value is -1.75. The molecule has 0 N–H and O–H groups in total. The lowest BCUT2D eigenvalue weighted by Gasteiger charge is -2.26. The Morgan fingerprint density at radius 1 is 1.22 bits per heavy atom. The highest BCUT2D eigenvalue weighted by molar-refractivity contribution is 5.63. The number of aryl methyl sites for hydroxylation is 1. The van der Waals surface area contributed by atoms with Gasteiger partial charge in [-0.3, -0.25) is 4.68 Å². The van der Waals surface area contributed by atoms with Crippen molar-refractivity contribution in [2.75, 3.05) is 0 Å². The predicted octanol–water partition coefficient (Wildman–Crippen LogP) is 4.59. The van der Waals surface area contributed by atoms with Gasteiger partial charge in [-0.25, -0.2) is 8.78 Å². The molecule has 1 spiro atoms. The third-order valence-electron chi connectivity index (χ3n) is 5.08. The minimum absolute atomic E-state index is 0.0419. The van der Waals surface area contributed by atoms with Crippen LogP contribution in [0.15, 0.2) is 36.7 Å². The first-order valence-corrected chi connectivity index (χ1v) is 8.20. The second kappa shape index (κ2) is 5.13. The van der Waals surface area contributed by atoms with E-state index in [0.29, 0.717) is 12.8 Å². The van der Waals surface area contributed by atoms with Crippen LogP contribution < -0.4 is 0 Å². The van der Waals surface area contributed by atoms with Crippen LogP contribution in [0.25, 0.3) is 11.1 Å². The van der Waals surface area contributed by atoms with Gasteiger partial charge in [0.15, 0.2) is 0 Å². The first kappa shape index (κ1) is 14.8. The molecular weight excluding hydrogens is 298 g/mol. The fourth-order valence-electron chi connectivity index (χ4n) is 3.56. The summed E-state index contributed by atoms with van der Waals surface area (Å²) in [7, 11) is 0. The summed E-state index contributed by atoms with van der Waals surface area (Å²) >= 11 is 0. The van der Waals surface area contributed by atoms with Crippen molar-refractivity contribution in [1.82, 2.24) is 9.78 Å². The summed E-state index contributed by atoms with van der Waals surface area (Å²) in [6.45, 7) is 2.89. The molecule has 1 aromatic heterocycles. The van der Waals surface area contributed by atoms with Crippen molar-refractivity contribution in [2.24, 2.45) is 0 Å². The fraction of sp³-hybridized carbons (Fsp3) is 0.500. The molecule has 2 aromatic rings. The van der Waals surface area contributed by atoms with E-state index in [4.69, 9.17) is 4.74 Å². The van der Waals surface area contributed by atoms with Crippen molar-refractivity contribution < 1.29 is 13.5 Å². The standard InChI is InChI=1S/C18H20F2N2O/c1-2-22-12-15(11-21-22)13-4-3-5-14(10-13)16-17(23-16)6-8-18(19,20)9-7-17/h3-5,10-12,16H,2,6-9H2,1H3. The third kappa shape index (κ3) is 2.67. The number of alkyl halides is 2. The van der Waals surface area contributed by atoms with Gasteiger partial charge < -0.3 is 4.74 Å². The zero-order chi connectivity index (χ0) is 16.1. The maximum atomic E-state index is 13.4. The number of rotatable bonds is 3. The number of hydrogen-bond donors (Lipinski definition) is 0. The van der Waals surface area contributed by atoms with Crippen LogP contribution >= 0.6 is 0 Å². The van der Waals surface area contributed by atoms with E-state index in [1.165, 1.54) is 0 Å². The summed E-state index contributed by atoms with van der Waals surface area (Å²) in [6, 6.07) is 8.18. The normalized spacial score (nSPS) is 24.7. The molecule has 0 amide bonds. The lowest BCUT2D eigenvalue weighted by molar-refractivity contribution is -0.0508. The van der Waals surface area contributed by atoms with Gasteiger partial charge in [-0.1, -0.05) is 18.2 Å². The summed E-state index contributed by atoms with van der Waals surface area (Å²) in [5.74, 6) is -2.52. The van der Waals surface area contributed by atoms with E-state index in [9.17, 15) is 8.78 Å². The summed E-state index contributed by atoms with van der Waals surface area (Å²) in [6.07, 6.45) is 4.60. The largest absolute Gasteiger partial charge is 0.361 e. The molecule has 122 valence electrons. The Balaban J connectivity index is 1.54.